The van der Waals surface area contributed by atoms with Crippen molar-refractivity contribution in [1.82, 2.24) is 4.72 Å². The highest BCUT2D eigenvalue weighted by molar-refractivity contribution is 7.89. The molecule has 0 fully saturated rings. The molecule has 0 aliphatic rings. The van der Waals surface area contributed by atoms with Gasteiger partial charge in [-0.2, -0.15) is 0 Å². The third-order valence-corrected chi connectivity index (χ3v) is 4.57. The Balaban J connectivity index is 2.46. The van der Waals surface area contributed by atoms with Crippen LogP contribution in [0.15, 0.2) is 41.3 Å². The highest BCUT2D eigenvalue weighted by Gasteiger charge is 2.19. The van der Waals surface area contributed by atoms with Crippen molar-refractivity contribution in [3.8, 4) is 0 Å². The van der Waals surface area contributed by atoms with Gasteiger partial charge in [-0.15, -0.1) is 0 Å². The van der Waals surface area contributed by atoms with Crippen molar-refractivity contribution in [3.05, 3.63) is 36.4 Å². The minimum Gasteiger partial charge on any atom is -0.399 e. The van der Waals surface area contributed by atoms with Crippen molar-refractivity contribution in [2.24, 2.45) is 0 Å². The Morgan fingerprint density at radius 2 is 2.05 bits per heavy atom. The highest BCUT2D eigenvalue weighted by atomic mass is 32.2. The number of nitrogens with two attached hydrogens (primary N) is 1. The lowest BCUT2D eigenvalue weighted by atomic mass is 10.1. The Morgan fingerprint density at radius 1 is 1.30 bits per heavy atom. The van der Waals surface area contributed by atoms with Gasteiger partial charge in [-0.3, -0.25) is 0 Å². The fourth-order valence-electron chi connectivity index (χ4n) is 2.12. The monoisotopic (exact) mass is 294 g/mol. The predicted molar refractivity (Wildman–Crippen MR) is 80.0 cm³/mol. The molecule has 0 saturated carbocycles. The van der Waals surface area contributed by atoms with Gasteiger partial charge in [-0.1, -0.05) is 18.2 Å². The molecule has 0 spiro atoms. The number of hydrogen-bond acceptors (Lipinski definition) is 4. The average Bonchev–Trinajstić information content (AvgIpc) is 2.37. The highest BCUT2D eigenvalue weighted by Crippen LogP contribution is 2.24. The molecule has 5 nitrogen and oxygen atoms in total. The summed E-state index contributed by atoms with van der Waals surface area (Å²) in [7, 11) is -2.06. The maximum Gasteiger partial charge on any atom is 0.241 e. The molecule has 0 aliphatic heterocycles. The minimum absolute atomic E-state index is 0.248. The predicted octanol–water partition coefficient (Wildman–Crippen LogP) is 1.74. The van der Waals surface area contributed by atoms with Gasteiger partial charge in [0.25, 0.3) is 0 Å². The molecule has 3 N–H and O–H groups in total. The van der Waals surface area contributed by atoms with Gasteiger partial charge in [0.2, 0.25) is 10.0 Å². The van der Waals surface area contributed by atoms with Crippen molar-refractivity contribution in [2.75, 3.05) is 19.5 Å². The Hall–Kier alpha value is -1.63. The summed E-state index contributed by atoms with van der Waals surface area (Å²) < 4.78 is 32.4. The van der Waals surface area contributed by atoms with Gasteiger partial charge in [0, 0.05) is 24.2 Å². The van der Waals surface area contributed by atoms with E-state index in [1.807, 2.05) is 6.07 Å². The van der Waals surface area contributed by atoms with Crippen LogP contribution in [-0.4, -0.2) is 28.2 Å². The Labute approximate surface area is 118 Å². The third-order valence-electron chi connectivity index (χ3n) is 2.93. The fraction of sp³-hybridized carbons (Fsp3) is 0.286. The smallest absolute Gasteiger partial charge is 0.241 e. The molecule has 108 valence electrons. The number of rotatable bonds is 5. The van der Waals surface area contributed by atoms with Gasteiger partial charge in [0.1, 0.15) is 0 Å². The first-order valence-electron chi connectivity index (χ1n) is 6.23. The van der Waals surface area contributed by atoms with Crippen molar-refractivity contribution in [1.29, 1.82) is 0 Å². The minimum atomic E-state index is -3.59. The van der Waals surface area contributed by atoms with Crippen molar-refractivity contribution < 1.29 is 13.2 Å². The number of nitrogens with one attached hydrogen (secondary N) is 1. The molecule has 0 amide bonds. The van der Waals surface area contributed by atoms with E-state index in [4.69, 9.17) is 10.5 Å². The Bertz CT molecular complexity index is 713. The molecule has 6 heteroatoms. The molecule has 20 heavy (non-hydrogen) atoms. The first kappa shape index (κ1) is 14.8. The van der Waals surface area contributed by atoms with Gasteiger partial charge < -0.3 is 10.5 Å². The summed E-state index contributed by atoms with van der Waals surface area (Å²) in [4.78, 5) is 0.248. The summed E-state index contributed by atoms with van der Waals surface area (Å²) in [5, 5.41) is 1.45. The number of benzene rings is 2. The third kappa shape index (κ3) is 3.09. The van der Waals surface area contributed by atoms with E-state index in [1.165, 1.54) is 7.11 Å². The van der Waals surface area contributed by atoms with Crippen molar-refractivity contribution in [2.45, 2.75) is 17.9 Å². The molecule has 2 aromatic rings. The van der Waals surface area contributed by atoms with Crippen LogP contribution in [0.2, 0.25) is 0 Å². The second kappa shape index (κ2) is 5.78. The van der Waals surface area contributed by atoms with Gasteiger partial charge >= 0.3 is 0 Å². The summed E-state index contributed by atoms with van der Waals surface area (Å²) >= 11 is 0. The summed E-state index contributed by atoms with van der Waals surface area (Å²) in [6.45, 7) is 2.07. The molecule has 0 bridgehead atoms. The number of fused-ring (bicyclic) bond motifs is 1. The first-order chi connectivity index (χ1) is 9.44. The van der Waals surface area contributed by atoms with Crippen LogP contribution in [0.5, 0.6) is 0 Å². The van der Waals surface area contributed by atoms with Crippen LogP contribution in [0, 0.1) is 0 Å². The number of hydrogen-bond donors (Lipinski definition) is 2. The summed E-state index contributed by atoms with van der Waals surface area (Å²) in [5.41, 5.74) is 6.33. The second-order valence-corrected chi connectivity index (χ2v) is 6.40. The lowest BCUT2D eigenvalue weighted by Crippen LogP contribution is -2.35. The number of anilines is 1. The maximum atomic E-state index is 12.4. The van der Waals surface area contributed by atoms with E-state index in [0.717, 1.165) is 5.39 Å². The topological polar surface area (TPSA) is 81.4 Å². The van der Waals surface area contributed by atoms with E-state index < -0.39 is 10.0 Å². The van der Waals surface area contributed by atoms with Gasteiger partial charge in [0.05, 0.1) is 11.5 Å². The molecule has 2 aromatic carbocycles. The molecule has 0 aromatic heterocycles. The number of methoxy groups -OCH3 is 1. The molecule has 2 rings (SSSR count). The zero-order valence-corrected chi connectivity index (χ0v) is 12.3. The average molecular weight is 294 g/mol. The van der Waals surface area contributed by atoms with E-state index >= 15 is 0 Å². The van der Waals surface area contributed by atoms with E-state index in [0.29, 0.717) is 17.7 Å². The summed E-state index contributed by atoms with van der Waals surface area (Å²) in [6, 6.07) is 10.0. The lowest BCUT2D eigenvalue weighted by molar-refractivity contribution is 0.180. The van der Waals surface area contributed by atoms with Crippen LogP contribution < -0.4 is 10.5 Å². The summed E-state index contributed by atoms with van der Waals surface area (Å²) in [5.74, 6) is 0. The molecule has 0 aliphatic carbocycles. The lowest BCUT2D eigenvalue weighted by Gasteiger charge is -2.14. The Morgan fingerprint density at radius 3 is 2.75 bits per heavy atom. The molecule has 1 unspecified atom stereocenters. The molecular weight excluding hydrogens is 276 g/mol. The summed E-state index contributed by atoms with van der Waals surface area (Å²) in [6.07, 6.45) is 0. The number of nitrogen functional groups attached to an aromatic ring is 1. The largest absolute Gasteiger partial charge is 0.399 e. The molecule has 0 saturated heterocycles. The van der Waals surface area contributed by atoms with Crippen LogP contribution in [-0.2, 0) is 14.8 Å². The number of sulfonamides is 1. The van der Waals surface area contributed by atoms with Crippen LogP contribution >= 0.6 is 0 Å². The van der Waals surface area contributed by atoms with Crippen LogP contribution in [0.25, 0.3) is 10.8 Å². The van der Waals surface area contributed by atoms with Gasteiger partial charge in [-0.05, 0) is 30.5 Å². The molecule has 0 radical (unpaired) electrons. The molecule has 1 atom stereocenters. The number of ether oxygens (including phenoxy) is 1. The Kier molecular flexibility index (Phi) is 4.27. The second-order valence-electron chi connectivity index (χ2n) is 4.71. The maximum absolute atomic E-state index is 12.4. The fourth-order valence-corrected chi connectivity index (χ4v) is 3.58. The van der Waals surface area contributed by atoms with Crippen LogP contribution in [0.4, 0.5) is 5.69 Å². The molecule has 0 heterocycles. The normalized spacial score (nSPS) is 13.5. The zero-order valence-electron chi connectivity index (χ0n) is 11.5. The SMILES string of the molecule is COCC(C)NS(=O)(=O)c1cccc2cc(N)ccc12. The standard InChI is InChI=1S/C14H18N2O3S/c1-10(9-19-2)16-20(17,18)14-5-3-4-11-8-12(15)6-7-13(11)14/h3-8,10,16H,9,15H2,1-2H3. The van der Waals surface area contributed by atoms with Crippen molar-refractivity contribution in [3.63, 3.8) is 0 Å². The van der Waals surface area contributed by atoms with Gasteiger partial charge in [0.15, 0.2) is 0 Å². The first-order valence-corrected chi connectivity index (χ1v) is 7.72. The molecular formula is C14H18N2O3S. The van der Waals surface area contributed by atoms with Crippen LogP contribution in [0.1, 0.15) is 6.92 Å². The van der Waals surface area contributed by atoms with E-state index in [1.54, 1.807) is 37.3 Å². The van der Waals surface area contributed by atoms with E-state index in [2.05, 4.69) is 4.72 Å². The quantitative estimate of drug-likeness (QED) is 0.823. The van der Waals surface area contributed by atoms with Crippen molar-refractivity contribution >= 4 is 26.5 Å². The van der Waals surface area contributed by atoms with Gasteiger partial charge in [-0.25, -0.2) is 13.1 Å². The van der Waals surface area contributed by atoms with E-state index in [9.17, 15) is 8.42 Å². The van der Waals surface area contributed by atoms with E-state index in [-0.39, 0.29) is 10.9 Å². The zero-order chi connectivity index (χ0) is 14.8. The van der Waals surface area contributed by atoms with Crippen LogP contribution in [0.3, 0.4) is 0 Å².